The van der Waals surface area contributed by atoms with Gasteiger partial charge in [0.15, 0.2) is 0 Å². The number of halogens is 2. The zero-order chi connectivity index (χ0) is 15.7. The topological polar surface area (TPSA) is 0 Å². The predicted molar refractivity (Wildman–Crippen MR) is 95.5 cm³/mol. The van der Waals surface area contributed by atoms with E-state index in [2.05, 4.69) is 20.1 Å². The first-order valence-electron chi connectivity index (χ1n) is 9.09. The molecule has 0 N–H and O–H groups in total. The van der Waals surface area contributed by atoms with E-state index in [4.69, 9.17) is 23.2 Å². The van der Waals surface area contributed by atoms with Gasteiger partial charge in [-0.1, -0.05) is 31.2 Å². The molecule has 4 aliphatic carbocycles. The van der Waals surface area contributed by atoms with Crippen LogP contribution in [0.3, 0.4) is 0 Å². The normalized spacial score (nSPS) is 54.6. The molecule has 2 heteroatoms. The number of hydrogen-bond donors (Lipinski definition) is 0. The molecule has 0 heterocycles. The molecule has 7 unspecified atom stereocenters. The van der Waals surface area contributed by atoms with Crippen LogP contribution >= 0.6 is 23.2 Å². The molecule has 4 saturated carbocycles. The second kappa shape index (κ2) is 5.03. The lowest BCUT2D eigenvalue weighted by atomic mass is 9.50. The SMILES string of the molecule is C=C1CCC2(Cl)C(C1)CC(C)C1C3CCC(=C)C3(Cl)CCC12. The van der Waals surface area contributed by atoms with E-state index in [0.29, 0.717) is 23.7 Å². The summed E-state index contributed by atoms with van der Waals surface area (Å²) < 4.78 is 0. The standard InChI is InChI=1S/C20H28Cl2/c1-12-6-8-20(22)15(10-12)11-13(2)18-16-5-4-14(3)19(16,21)9-7-17(18)20/h13,15-18H,1,3-11H2,2H3. The molecular weight excluding hydrogens is 311 g/mol. The molecule has 0 bridgehead atoms. The van der Waals surface area contributed by atoms with Gasteiger partial charge in [0.2, 0.25) is 0 Å². The van der Waals surface area contributed by atoms with E-state index < -0.39 is 0 Å². The van der Waals surface area contributed by atoms with Crippen LogP contribution in [0.15, 0.2) is 24.3 Å². The minimum Gasteiger partial charge on any atom is -0.119 e. The zero-order valence-corrected chi connectivity index (χ0v) is 15.2. The molecule has 0 aliphatic heterocycles. The van der Waals surface area contributed by atoms with E-state index in [1.165, 1.54) is 30.4 Å². The molecule has 22 heavy (non-hydrogen) atoms. The van der Waals surface area contributed by atoms with Gasteiger partial charge in [0.1, 0.15) is 0 Å². The summed E-state index contributed by atoms with van der Waals surface area (Å²) in [6.45, 7) is 11.0. The summed E-state index contributed by atoms with van der Waals surface area (Å²) in [5.74, 6) is 3.34. The van der Waals surface area contributed by atoms with Crippen molar-refractivity contribution in [1.29, 1.82) is 0 Å². The van der Waals surface area contributed by atoms with E-state index in [1.54, 1.807) is 0 Å². The average Bonchev–Trinajstić information content (AvgIpc) is 2.77. The average molecular weight is 339 g/mol. The van der Waals surface area contributed by atoms with Crippen molar-refractivity contribution in [3.05, 3.63) is 24.3 Å². The molecule has 0 aromatic rings. The van der Waals surface area contributed by atoms with Gasteiger partial charge < -0.3 is 0 Å². The third-order valence-electron chi connectivity index (χ3n) is 7.69. The van der Waals surface area contributed by atoms with Gasteiger partial charge in [-0.3, -0.25) is 0 Å². The predicted octanol–water partition coefficient (Wildman–Crippen LogP) is 6.33. The first kappa shape index (κ1) is 15.6. The highest BCUT2D eigenvalue weighted by atomic mass is 35.5. The second-order valence-corrected chi connectivity index (χ2v) is 10.0. The van der Waals surface area contributed by atoms with Crippen molar-refractivity contribution in [1.82, 2.24) is 0 Å². The van der Waals surface area contributed by atoms with Gasteiger partial charge in [-0.05, 0) is 81.0 Å². The van der Waals surface area contributed by atoms with Gasteiger partial charge in [-0.2, -0.15) is 0 Å². The van der Waals surface area contributed by atoms with Crippen LogP contribution in [0.5, 0.6) is 0 Å². The van der Waals surface area contributed by atoms with E-state index in [0.717, 1.165) is 38.0 Å². The van der Waals surface area contributed by atoms with Crippen LogP contribution in [0.4, 0.5) is 0 Å². The lowest BCUT2D eigenvalue weighted by Gasteiger charge is -2.60. The van der Waals surface area contributed by atoms with Gasteiger partial charge in [0.25, 0.3) is 0 Å². The summed E-state index contributed by atoms with van der Waals surface area (Å²) in [5, 5.41) is 0. The summed E-state index contributed by atoms with van der Waals surface area (Å²) in [6.07, 6.45) is 9.32. The fourth-order valence-electron chi connectivity index (χ4n) is 6.65. The van der Waals surface area contributed by atoms with Crippen molar-refractivity contribution >= 4 is 23.2 Å². The van der Waals surface area contributed by atoms with Crippen LogP contribution in [0.25, 0.3) is 0 Å². The highest BCUT2D eigenvalue weighted by Gasteiger charge is 2.62. The molecule has 4 aliphatic rings. The maximum Gasteiger partial charge on any atom is 0.0683 e. The number of fused-ring (bicyclic) bond motifs is 5. The Morgan fingerprint density at radius 1 is 1.05 bits per heavy atom. The Labute approximate surface area is 145 Å². The Balaban J connectivity index is 1.70. The number of hydrogen-bond acceptors (Lipinski definition) is 0. The van der Waals surface area contributed by atoms with E-state index in [-0.39, 0.29) is 9.75 Å². The zero-order valence-electron chi connectivity index (χ0n) is 13.7. The molecule has 7 atom stereocenters. The van der Waals surface area contributed by atoms with Crippen LogP contribution in [-0.4, -0.2) is 9.75 Å². The van der Waals surface area contributed by atoms with Crippen molar-refractivity contribution in [2.75, 3.05) is 0 Å². The van der Waals surface area contributed by atoms with Gasteiger partial charge in [-0.15, -0.1) is 23.2 Å². The monoisotopic (exact) mass is 338 g/mol. The van der Waals surface area contributed by atoms with Crippen LogP contribution in [0.1, 0.15) is 58.3 Å². The van der Waals surface area contributed by atoms with Crippen LogP contribution in [0, 0.1) is 29.6 Å². The van der Waals surface area contributed by atoms with Crippen molar-refractivity contribution in [3.63, 3.8) is 0 Å². The lowest BCUT2D eigenvalue weighted by molar-refractivity contribution is -0.0214. The summed E-state index contributed by atoms with van der Waals surface area (Å²) in [4.78, 5) is -0.103. The molecule has 0 amide bonds. The summed E-state index contributed by atoms with van der Waals surface area (Å²) in [6, 6.07) is 0. The molecular formula is C20H28Cl2. The Hall–Kier alpha value is 0.0600. The van der Waals surface area contributed by atoms with Crippen LogP contribution in [0.2, 0.25) is 0 Å². The Bertz CT molecular complexity index is 524. The van der Waals surface area contributed by atoms with Crippen molar-refractivity contribution < 1.29 is 0 Å². The number of alkyl halides is 2. The molecule has 4 fully saturated rings. The Kier molecular flexibility index (Phi) is 3.56. The molecule has 0 nitrogen and oxygen atoms in total. The van der Waals surface area contributed by atoms with Crippen molar-refractivity contribution in [2.45, 2.75) is 68.0 Å². The summed E-state index contributed by atoms with van der Waals surface area (Å²) in [7, 11) is 0. The van der Waals surface area contributed by atoms with Crippen LogP contribution < -0.4 is 0 Å². The van der Waals surface area contributed by atoms with Gasteiger partial charge in [0, 0.05) is 0 Å². The highest BCUT2D eigenvalue weighted by molar-refractivity contribution is 6.27. The lowest BCUT2D eigenvalue weighted by Crippen LogP contribution is -2.58. The second-order valence-electron chi connectivity index (χ2n) is 8.62. The van der Waals surface area contributed by atoms with E-state index in [1.807, 2.05) is 0 Å². The molecule has 0 aromatic carbocycles. The van der Waals surface area contributed by atoms with E-state index >= 15 is 0 Å². The molecule has 0 radical (unpaired) electrons. The van der Waals surface area contributed by atoms with Crippen molar-refractivity contribution in [3.8, 4) is 0 Å². The molecule has 0 spiro atoms. The molecule has 122 valence electrons. The Morgan fingerprint density at radius 2 is 1.82 bits per heavy atom. The molecule has 0 saturated heterocycles. The van der Waals surface area contributed by atoms with Crippen LogP contribution in [-0.2, 0) is 0 Å². The molecule has 4 rings (SSSR count). The fraction of sp³-hybridized carbons (Fsp3) is 0.800. The van der Waals surface area contributed by atoms with E-state index in [9.17, 15) is 0 Å². The molecule has 0 aromatic heterocycles. The summed E-state index contributed by atoms with van der Waals surface area (Å²) in [5.41, 5.74) is 2.72. The maximum atomic E-state index is 7.35. The number of allylic oxidation sites excluding steroid dienone is 2. The number of rotatable bonds is 0. The maximum absolute atomic E-state index is 7.35. The minimum absolute atomic E-state index is 0.0144. The smallest absolute Gasteiger partial charge is 0.0683 e. The summed E-state index contributed by atoms with van der Waals surface area (Å²) >= 11 is 14.4. The van der Waals surface area contributed by atoms with Crippen molar-refractivity contribution in [2.24, 2.45) is 29.6 Å². The third kappa shape index (κ3) is 1.95. The first-order chi connectivity index (χ1) is 10.4. The third-order valence-corrected chi connectivity index (χ3v) is 9.20. The van der Waals surface area contributed by atoms with Gasteiger partial charge in [-0.25, -0.2) is 0 Å². The fourth-order valence-corrected chi connectivity index (χ4v) is 7.62. The first-order valence-corrected chi connectivity index (χ1v) is 9.84. The quantitative estimate of drug-likeness (QED) is 0.357. The van der Waals surface area contributed by atoms with Gasteiger partial charge in [0.05, 0.1) is 9.75 Å². The highest BCUT2D eigenvalue weighted by Crippen LogP contribution is 2.66. The van der Waals surface area contributed by atoms with Gasteiger partial charge >= 0.3 is 0 Å². The Morgan fingerprint density at radius 3 is 2.59 bits per heavy atom. The minimum atomic E-state index is -0.117. The largest absolute Gasteiger partial charge is 0.119 e.